The maximum absolute atomic E-state index is 12.6. The van der Waals surface area contributed by atoms with E-state index in [0.717, 1.165) is 23.3 Å². The molecule has 0 aliphatic heterocycles. The van der Waals surface area contributed by atoms with Gasteiger partial charge < -0.3 is 10.9 Å². The van der Waals surface area contributed by atoms with E-state index in [1.54, 1.807) is 0 Å². The first-order chi connectivity index (χ1) is 8.38. The minimum absolute atomic E-state index is 0.391. The monoisotopic (exact) mass is 300 g/mol. The van der Waals surface area contributed by atoms with Gasteiger partial charge in [0.25, 0.3) is 0 Å². The number of alkyl halides is 3. The summed E-state index contributed by atoms with van der Waals surface area (Å²) in [5.74, 6) is -2.65. The van der Waals surface area contributed by atoms with Crippen molar-refractivity contribution in [2.75, 3.05) is 5.75 Å². The van der Waals surface area contributed by atoms with Gasteiger partial charge >= 0.3 is 6.18 Å². The Morgan fingerprint density at radius 2 is 2.28 bits per heavy atom. The molecule has 1 rings (SSSR count). The molecule has 1 atom stereocenters. The first-order valence-electron chi connectivity index (χ1n) is 4.88. The Morgan fingerprint density at radius 3 is 2.72 bits per heavy atom. The largest absolute Gasteiger partial charge is 0.409 e. The van der Waals surface area contributed by atoms with Crippen LogP contribution in [0.2, 0.25) is 0 Å². The van der Waals surface area contributed by atoms with Gasteiger partial charge in [-0.3, -0.25) is 0 Å². The molecule has 0 fully saturated rings. The van der Waals surface area contributed by atoms with Crippen LogP contribution in [0.1, 0.15) is 12.7 Å². The third-order valence-electron chi connectivity index (χ3n) is 2.01. The van der Waals surface area contributed by atoms with Crippen molar-refractivity contribution >= 4 is 29.1 Å². The summed E-state index contributed by atoms with van der Waals surface area (Å²) in [6.07, 6.45) is -3.93. The van der Waals surface area contributed by atoms with Crippen LogP contribution in [0.4, 0.5) is 13.2 Å². The predicted octanol–water partition coefficient (Wildman–Crippen LogP) is 2.12. The molecule has 10 heteroatoms. The zero-order valence-electron chi connectivity index (χ0n) is 9.31. The SMILES string of the molecule is CCc1nsc(SCC(C(N)=NO)C(F)(F)F)n1. The summed E-state index contributed by atoms with van der Waals surface area (Å²) in [6.45, 7) is 1.85. The van der Waals surface area contributed by atoms with Crippen LogP contribution in [0.25, 0.3) is 0 Å². The zero-order valence-corrected chi connectivity index (χ0v) is 10.9. The first-order valence-corrected chi connectivity index (χ1v) is 6.63. The predicted molar refractivity (Wildman–Crippen MR) is 63.0 cm³/mol. The molecule has 0 aromatic carbocycles. The Bertz CT molecular complexity index is 421. The second-order valence-electron chi connectivity index (χ2n) is 3.26. The summed E-state index contributed by atoms with van der Waals surface area (Å²) in [4.78, 5) is 4.03. The number of rotatable bonds is 5. The van der Waals surface area contributed by atoms with Crippen LogP contribution in [0.3, 0.4) is 0 Å². The smallest absolute Gasteiger partial charge is 0.399 e. The van der Waals surface area contributed by atoms with E-state index >= 15 is 0 Å². The molecule has 1 unspecified atom stereocenters. The van der Waals surface area contributed by atoms with E-state index in [1.165, 1.54) is 0 Å². The molecule has 3 N–H and O–H groups in total. The van der Waals surface area contributed by atoms with Gasteiger partial charge in [0, 0.05) is 12.2 Å². The fourth-order valence-electron chi connectivity index (χ4n) is 1.01. The lowest BCUT2D eigenvalue weighted by Gasteiger charge is -2.17. The summed E-state index contributed by atoms with van der Waals surface area (Å²) in [7, 11) is 0. The van der Waals surface area contributed by atoms with Crippen LogP contribution in [0, 0.1) is 5.92 Å². The lowest BCUT2D eigenvalue weighted by Crippen LogP contribution is -2.37. The summed E-state index contributed by atoms with van der Waals surface area (Å²) in [5, 5.41) is 10.8. The number of aryl methyl sites for hydroxylation is 1. The molecule has 0 radical (unpaired) electrons. The number of oxime groups is 1. The summed E-state index contributed by atoms with van der Waals surface area (Å²) < 4.78 is 42.2. The average Bonchev–Trinajstić information content (AvgIpc) is 2.75. The number of thioether (sulfide) groups is 1. The van der Waals surface area contributed by atoms with E-state index in [4.69, 9.17) is 10.9 Å². The summed E-state index contributed by atoms with van der Waals surface area (Å²) in [6, 6.07) is 0. The average molecular weight is 300 g/mol. The van der Waals surface area contributed by atoms with E-state index in [2.05, 4.69) is 14.5 Å². The molecule has 18 heavy (non-hydrogen) atoms. The number of hydrogen-bond donors (Lipinski definition) is 2. The van der Waals surface area contributed by atoms with Crippen molar-refractivity contribution in [3.8, 4) is 0 Å². The van der Waals surface area contributed by atoms with Crippen LogP contribution in [-0.2, 0) is 6.42 Å². The molecular formula is C8H11F3N4OS2. The van der Waals surface area contributed by atoms with Crippen LogP contribution in [0.15, 0.2) is 9.50 Å². The Kier molecular flexibility index (Phi) is 5.20. The highest BCUT2D eigenvalue weighted by molar-refractivity contribution is 8.00. The van der Waals surface area contributed by atoms with E-state index in [9.17, 15) is 13.2 Å². The van der Waals surface area contributed by atoms with Crippen LogP contribution < -0.4 is 5.73 Å². The molecule has 0 spiro atoms. The molecule has 0 bridgehead atoms. The molecule has 0 aliphatic rings. The van der Waals surface area contributed by atoms with Crippen molar-refractivity contribution in [1.82, 2.24) is 9.36 Å². The molecule has 1 heterocycles. The molecule has 1 aromatic rings. The lowest BCUT2D eigenvalue weighted by molar-refractivity contribution is -0.150. The minimum Gasteiger partial charge on any atom is -0.409 e. The number of hydrogen-bond acceptors (Lipinski definition) is 6. The fourth-order valence-corrected chi connectivity index (χ4v) is 2.88. The van der Waals surface area contributed by atoms with Gasteiger partial charge in [-0.25, -0.2) is 4.98 Å². The maximum Gasteiger partial charge on any atom is 0.399 e. The molecule has 5 nitrogen and oxygen atoms in total. The zero-order chi connectivity index (χ0) is 13.8. The highest BCUT2D eigenvalue weighted by Crippen LogP contribution is 2.32. The minimum atomic E-state index is -4.55. The standard InChI is InChI=1S/C8H11F3N4OS2/c1-2-5-13-7(18-15-5)17-3-4(6(12)14-16)8(9,10)11/h4,16H,2-3H2,1H3,(H2,12,14). The van der Waals surface area contributed by atoms with E-state index < -0.39 is 23.7 Å². The van der Waals surface area contributed by atoms with E-state index in [1.807, 2.05) is 6.92 Å². The number of nitrogens with zero attached hydrogens (tertiary/aromatic N) is 3. The third-order valence-corrected chi connectivity index (χ3v) is 3.97. The van der Waals surface area contributed by atoms with E-state index in [-0.39, 0.29) is 0 Å². The van der Waals surface area contributed by atoms with Gasteiger partial charge in [-0.05, 0) is 11.5 Å². The molecule has 0 amide bonds. The number of halogens is 3. The molecule has 0 aliphatic carbocycles. The van der Waals surface area contributed by atoms with Gasteiger partial charge in [-0.1, -0.05) is 23.8 Å². The van der Waals surface area contributed by atoms with E-state index in [0.29, 0.717) is 16.6 Å². The highest BCUT2D eigenvalue weighted by Gasteiger charge is 2.42. The second-order valence-corrected chi connectivity index (χ2v) is 5.28. The second kappa shape index (κ2) is 6.23. The number of aromatic nitrogens is 2. The van der Waals surface area contributed by atoms with Gasteiger partial charge in [-0.15, -0.1) is 0 Å². The number of nitrogens with two attached hydrogens (primary N) is 1. The van der Waals surface area contributed by atoms with Crippen molar-refractivity contribution in [3.05, 3.63) is 5.82 Å². The Labute approximate surface area is 109 Å². The topological polar surface area (TPSA) is 84.4 Å². The van der Waals surface area contributed by atoms with Gasteiger partial charge in [0.15, 0.2) is 10.2 Å². The van der Waals surface area contributed by atoms with Gasteiger partial charge in [0.1, 0.15) is 11.7 Å². The van der Waals surface area contributed by atoms with Crippen molar-refractivity contribution in [1.29, 1.82) is 0 Å². The molecule has 0 saturated carbocycles. The van der Waals surface area contributed by atoms with Crippen molar-refractivity contribution < 1.29 is 18.4 Å². The highest BCUT2D eigenvalue weighted by atomic mass is 32.2. The quantitative estimate of drug-likeness (QED) is 0.286. The first kappa shape index (κ1) is 15.0. The normalized spacial score (nSPS) is 14.8. The van der Waals surface area contributed by atoms with Crippen molar-refractivity contribution in [2.45, 2.75) is 23.9 Å². The van der Waals surface area contributed by atoms with Crippen LogP contribution in [-0.4, -0.2) is 32.3 Å². The van der Waals surface area contributed by atoms with Gasteiger partial charge in [-0.2, -0.15) is 17.5 Å². The molecule has 102 valence electrons. The third kappa shape index (κ3) is 4.02. The Balaban J connectivity index is 2.68. The van der Waals surface area contributed by atoms with Crippen LogP contribution in [0.5, 0.6) is 0 Å². The molecule has 1 aromatic heterocycles. The Morgan fingerprint density at radius 1 is 1.61 bits per heavy atom. The Hall–Kier alpha value is -1.03. The molecular weight excluding hydrogens is 289 g/mol. The van der Waals surface area contributed by atoms with Crippen LogP contribution >= 0.6 is 23.3 Å². The number of amidine groups is 1. The lowest BCUT2D eigenvalue weighted by atomic mass is 10.1. The van der Waals surface area contributed by atoms with Gasteiger partial charge in [0.05, 0.1) is 0 Å². The van der Waals surface area contributed by atoms with Crippen molar-refractivity contribution in [2.24, 2.45) is 16.8 Å². The summed E-state index contributed by atoms with van der Waals surface area (Å²) >= 11 is 1.93. The molecule has 0 saturated heterocycles. The fraction of sp³-hybridized carbons (Fsp3) is 0.625. The van der Waals surface area contributed by atoms with Crippen molar-refractivity contribution in [3.63, 3.8) is 0 Å². The maximum atomic E-state index is 12.6. The summed E-state index contributed by atoms with van der Waals surface area (Å²) in [5.41, 5.74) is 5.03. The van der Waals surface area contributed by atoms with Gasteiger partial charge in [0.2, 0.25) is 0 Å².